The quantitative estimate of drug-likeness (QED) is 0.634. The van der Waals surface area contributed by atoms with E-state index < -0.39 is 0 Å². The minimum atomic E-state index is -0.225. The van der Waals surface area contributed by atoms with Crippen LogP contribution in [0.4, 0.5) is 0 Å². The smallest absolute Gasteiger partial charge is 0.119 e. The lowest BCUT2D eigenvalue weighted by molar-refractivity contribution is 0.414. The Morgan fingerprint density at radius 1 is 1.16 bits per heavy atom. The summed E-state index contributed by atoms with van der Waals surface area (Å²) in [6.45, 7) is 2.02. The van der Waals surface area contributed by atoms with Gasteiger partial charge in [0.25, 0.3) is 0 Å². The van der Waals surface area contributed by atoms with Crippen LogP contribution in [0.5, 0.6) is 5.75 Å². The molecule has 19 heavy (non-hydrogen) atoms. The number of benzene rings is 2. The summed E-state index contributed by atoms with van der Waals surface area (Å²) in [5.74, 6) is 0.832. The molecule has 1 nitrogen and oxygen atoms in total. The van der Waals surface area contributed by atoms with Crippen molar-refractivity contribution >= 4 is 39.1 Å². The number of halogens is 3. The minimum absolute atomic E-state index is 0.225. The molecular formula is C15H13BrCl2O. The summed E-state index contributed by atoms with van der Waals surface area (Å²) >= 11 is 16.0. The Morgan fingerprint density at radius 2 is 1.89 bits per heavy atom. The predicted octanol–water partition coefficient (Wildman–Crippen LogP) is 5.75. The molecule has 1 atom stereocenters. The Bertz CT molecular complexity index is 599. The highest BCUT2D eigenvalue weighted by atomic mass is 79.9. The van der Waals surface area contributed by atoms with Gasteiger partial charge in [0.1, 0.15) is 5.75 Å². The third kappa shape index (κ3) is 3.25. The molecule has 0 heterocycles. The van der Waals surface area contributed by atoms with Gasteiger partial charge in [0.2, 0.25) is 0 Å². The second-order valence-electron chi connectivity index (χ2n) is 4.26. The molecule has 2 rings (SSSR count). The fourth-order valence-corrected chi connectivity index (χ4v) is 2.73. The maximum absolute atomic E-state index is 6.54. The van der Waals surface area contributed by atoms with Gasteiger partial charge in [-0.2, -0.15) is 0 Å². The normalized spacial score (nSPS) is 12.3. The van der Waals surface area contributed by atoms with Gasteiger partial charge in [-0.05, 0) is 63.8 Å². The predicted molar refractivity (Wildman–Crippen MR) is 84.6 cm³/mol. The second-order valence-corrected chi connectivity index (χ2v) is 5.96. The first-order chi connectivity index (χ1) is 9.02. The minimum Gasteiger partial charge on any atom is -0.497 e. The van der Waals surface area contributed by atoms with Gasteiger partial charge in [-0.3, -0.25) is 0 Å². The molecule has 0 saturated heterocycles. The molecule has 0 aromatic heterocycles. The first kappa shape index (κ1) is 14.7. The summed E-state index contributed by atoms with van der Waals surface area (Å²) in [7, 11) is 1.65. The lowest BCUT2D eigenvalue weighted by Gasteiger charge is -2.15. The molecule has 0 radical (unpaired) electrons. The molecule has 0 fully saturated rings. The highest BCUT2D eigenvalue weighted by Gasteiger charge is 2.14. The molecule has 0 aliphatic carbocycles. The van der Waals surface area contributed by atoms with E-state index in [1.54, 1.807) is 7.11 Å². The maximum Gasteiger partial charge on any atom is 0.119 e. The fraction of sp³-hybridized carbons (Fsp3) is 0.200. The van der Waals surface area contributed by atoms with E-state index in [0.717, 1.165) is 26.9 Å². The zero-order valence-corrected chi connectivity index (χ0v) is 13.7. The van der Waals surface area contributed by atoms with Gasteiger partial charge in [0.15, 0.2) is 0 Å². The van der Waals surface area contributed by atoms with Crippen molar-refractivity contribution in [1.82, 2.24) is 0 Å². The van der Waals surface area contributed by atoms with Crippen molar-refractivity contribution in [3.63, 3.8) is 0 Å². The number of rotatable bonds is 3. The topological polar surface area (TPSA) is 9.23 Å². The maximum atomic E-state index is 6.54. The molecule has 0 amide bonds. The standard InChI is InChI=1S/C15H13BrCl2O/c1-9-7-11(19-2)4-5-12(9)15(18)10-3-6-13(16)14(17)8-10/h3-8,15H,1-2H3. The van der Waals surface area contributed by atoms with Crippen molar-refractivity contribution in [2.75, 3.05) is 7.11 Å². The average molecular weight is 360 g/mol. The van der Waals surface area contributed by atoms with Crippen LogP contribution in [0.2, 0.25) is 5.02 Å². The van der Waals surface area contributed by atoms with Crippen LogP contribution in [0.3, 0.4) is 0 Å². The van der Waals surface area contributed by atoms with Crippen molar-refractivity contribution in [2.24, 2.45) is 0 Å². The molecule has 100 valence electrons. The van der Waals surface area contributed by atoms with E-state index in [4.69, 9.17) is 27.9 Å². The van der Waals surface area contributed by atoms with Gasteiger partial charge in [-0.25, -0.2) is 0 Å². The Kier molecular flexibility index (Phi) is 4.77. The molecule has 0 N–H and O–H groups in total. The van der Waals surface area contributed by atoms with Crippen LogP contribution in [-0.2, 0) is 0 Å². The lowest BCUT2D eigenvalue weighted by Crippen LogP contribution is -1.97. The summed E-state index contributed by atoms with van der Waals surface area (Å²) in [6, 6.07) is 11.6. The SMILES string of the molecule is COc1ccc(C(Cl)c2ccc(Br)c(Cl)c2)c(C)c1. The van der Waals surface area contributed by atoms with Gasteiger partial charge >= 0.3 is 0 Å². The van der Waals surface area contributed by atoms with Crippen molar-refractivity contribution in [3.8, 4) is 5.75 Å². The van der Waals surface area contributed by atoms with Crippen molar-refractivity contribution in [2.45, 2.75) is 12.3 Å². The Balaban J connectivity index is 2.38. The summed E-state index contributed by atoms with van der Waals surface area (Å²) in [5, 5.41) is 0.436. The van der Waals surface area contributed by atoms with Crippen molar-refractivity contribution in [1.29, 1.82) is 0 Å². The number of methoxy groups -OCH3 is 1. The fourth-order valence-electron chi connectivity index (χ4n) is 1.91. The van der Waals surface area contributed by atoms with Crippen LogP contribution in [0.15, 0.2) is 40.9 Å². The summed E-state index contributed by atoms with van der Waals surface area (Å²) in [4.78, 5) is 0. The lowest BCUT2D eigenvalue weighted by atomic mass is 10.00. The molecule has 1 unspecified atom stereocenters. The highest BCUT2D eigenvalue weighted by Crippen LogP contribution is 2.35. The zero-order valence-electron chi connectivity index (χ0n) is 10.6. The first-order valence-corrected chi connectivity index (χ1v) is 7.37. The Labute approximate surface area is 131 Å². The zero-order chi connectivity index (χ0) is 14.0. The van der Waals surface area contributed by atoms with E-state index >= 15 is 0 Å². The monoisotopic (exact) mass is 358 g/mol. The molecule has 0 aliphatic heterocycles. The largest absolute Gasteiger partial charge is 0.497 e. The second kappa shape index (κ2) is 6.17. The summed E-state index contributed by atoms with van der Waals surface area (Å²) < 4.78 is 6.07. The molecule has 0 spiro atoms. The van der Waals surface area contributed by atoms with E-state index in [-0.39, 0.29) is 5.38 Å². The molecule has 2 aromatic rings. The van der Waals surface area contributed by atoms with Crippen LogP contribution >= 0.6 is 39.1 Å². The van der Waals surface area contributed by atoms with E-state index in [1.165, 1.54) is 0 Å². The van der Waals surface area contributed by atoms with E-state index in [2.05, 4.69) is 15.9 Å². The molecule has 0 bridgehead atoms. The summed E-state index contributed by atoms with van der Waals surface area (Å²) in [5.41, 5.74) is 3.13. The van der Waals surface area contributed by atoms with E-state index in [0.29, 0.717) is 5.02 Å². The molecular weight excluding hydrogens is 347 g/mol. The van der Waals surface area contributed by atoms with Crippen LogP contribution in [-0.4, -0.2) is 7.11 Å². The molecule has 0 aliphatic rings. The van der Waals surface area contributed by atoms with Crippen LogP contribution in [0.1, 0.15) is 22.1 Å². The Hall–Kier alpha value is -0.700. The number of ether oxygens (including phenoxy) is 1. The van der Waals surface area contributed by atoms with Crippen LogP contribution < -0.4 is 4.74 Å². The molecule has 4 heteroatoms. The van der Waals surface area contributed by atoms with E-state index in [9.17, 15) is 0 Å². The number of aryl methyl sites for hydroxylation is 1. The van der Waals surface area contributed by atoms with Gasteiger partial charge in [0, 0.05) is 4.47 Å². The number of hydrogen-bond acceptors (Lipinski definition) is 1. The number of hydrogen-bond donors (Lipinski definition) is 0. The Morgan fingerprint density at radius 3 is 2.47 bits per heavy atom. The van der Waals surface area contributed by atoms with Crippen molar-refractivity contribution in [3.05, 3.63) is 62.6 Å². The van der Waals surface area contributed by atoms with Crippen LogP contribution in [0.25, 0.3) is 0 Å². The van der Waals surface area contributed by atoms with Gasteiger partial charge in [-0.15, -0.1) is 11.6 Å². The third-order valence-corrected chi connectivity index (χ3v) is 4.71. The van der Waals surface area contributed by atoms with Crippen LogP contribution in [0, 0.1) is 6.92 Å². The van der Waals surface area contributed by atoms with Gasteiger partial charge in [-0.1, -0.05) is 23.7 Å². The summed E-state index contributed by atoms with van der Waals surface area (Å²) in [6.07, 6.45) is 0. The van der Waals surface area contributed by atoms with Gasteiger partial charge in [0.05, 0.1) is 17.5 Å². The third-order valence-electron chi connectivity index (χ3n) is 2.99. The van der Waals surface area contributed by atoms with Gasteiger partial charge < -0.3 is 4.74 Å². The average Bonchev–Trinajstić information content (AvgIpc) is 2.41. The van der Waals surface area contributed by atoms with E-state index in [1.807, 2.05) is 43.3 Å². The highest BCUT2D eigenvalue weighted by molar-refractivity contribution is 9.10. The molecule has 2 aromatic carbocycles. The first-order valence-electron chi connectivity index (χ1n) is 5.76. The van der Waals surface area contributed by atoms with Crippen molar-refractivity contribution < 1.29 is 4.74 Å². The molecule has 0 saturated carbocycles. The number of alkyl halides is 1.